The average molecular weight is 412 g/mol. The molecule has 0 saturated carbocycles. The summed E-state index contributed by atoms with van der Waals surface area (Å²) in [6, 6.07) is 13.7. The number of methoxy groups -OCH3 is 2. The van der Waals surface area contributed by atoms with Gasteiger partial charge in [0, 0.05) is 19.6 Å². The van der Waals surface area contributed by atoms with Gasteiger partial charge in [-0.05, 0) is 48.7 Å². The molecule has 1 aromatic heterocycles. The van der Waals surface area contributed by atoms with Crippen LogP contribution in [0.3, 0.4) is 0 Å². The molecule has 0 bridgehead atoms. The molecule has 3 aromatic rings. The minimum Gasteiger partial charge on any atom is -0.497 e. The lowest BCUT2D eigenvalue weighted by atomic mass is 9.97. The van der Waals surface area contributed by atoms with Gasteiger partial charge in [-0.3, -0.25) is 4.79 Å². The first-order valence-corrected chi connectivity index (χ1v) is 10.6. The van der Waals surface area contributed by atoms with Crippen LogP contribution in [0.4, 0.5) is 5.13 Å². The van der Waals surface area contributed by atoms with Crippen LogP contribution in [0, 0.1) is 5.92 Å². The molecule has 2 aromatic carbocycles. The minimum atomic E-state index is -0.0245. The predicted octanol–water partition coefficient (Wildman–Crippen LogP) is 3.85. The number of carbonyl (C=O) groups excluding carboxylic acids is 1. The van der Waals surface area contributed by atoms with Gasteiger partial charge in [0.2, 0.25) is 5.91 Å². The number of fused-ring (bicyclic) bond motifs is 1. The van der Waals surface area contributed by atoms with Crippen LogP contribution in [-0.2, 0) is 11.3 Å². The Morgan fingerprint density at radius 3 is 2.69 bits per heavy atom. The van der Waals surface area contributed by atoms with Crippen molar-refractivity contribution in [2.45, 2.75) is 19.4 Å². The van der Waals surface area contributed by atoms with Gasteiger partial charge in [-0.15, -0.1) is 0 Å². The number of aromatic nitrogens is 1. The van der Waals surface area contributed by atoms with Crippen LogP contribution >= 0.6 is 11.3 Å². The highest BCUT2D eigenvalue weighted by Crippen LogP contribution is 2.33. The van der Waals surface area contributed by atoms with E-state index in [-0.39, 0.29) is 11.8 Å². The number of nitrogens with one attached hydrogen (secondary N) is 1. The fraction of sp³-hybridized carbons (Fsp3) is 0.364. The van der Waals surface area contributed by atoms with Crippen LogP contribution in [0.1, 0.15) is 18.4 Å². The molecule has 1 aliphatic rings. The van der Waals surface area contributed by atoms with E-state index in [1.807, 2.05) is 42.5 Å². The molecule has 1 saturated heterocycles. The average Bonchev–Trinajstić information content (AvgIpc) is 3.21. The molecule has 0 spiro atoms. The lowest BCUT2D eigenvalue weighted by molar-refractivity contribution is -0.125. The molecule has 0 aliphatic carbocycles. The Hall–Kier alpha value is -2.80. The number of rotatable bonds is 6. The van der Waals surface area contributed by atoms with Gasteiger partial charge in [0.05, 0.1) is 30.4 Å². The smallest absolute Gasteiger partial charge is 0.225 e. The zero-order valence-electron chi connectivity index (χ0n) is 16.7. The van der Waals surface area contributed by atoms with Crippen LogP contribution in [0.5, 0.6) is 11.5 Å². The summed E-state index contributed by atoms with van der Waals surface area (Å²) in [5, 5.41) is 4.05. The minimum absolute atomic E-state index is 0.0245. The number of anilines is 1. The Morgan fingerprint density at radius 2 is 1.93 bits per heavy atom. The predicted molar refractivity (Wildman–Crippen MR) is 116 cm³/mol. The molecular formula is C22H25N3O3S. The number of amides is 1. The lowest BCUT2D eigenvalue weighted by Gasteiger charge is -2.31. The van der Waals surface area contributed by atoms with Gasteiger partial charge in [0.15, 0.2) is 5.13 Å². The molecule has 1 amide bonds. The Balaban J connectivity index is 1.38. The molecular weight excluding hydrogens is 386 g/mol. The summed E-state index contributed by atoms with van der Waals surface area (Å²) in [6.45, 7) is 2.16. The molecule has 2 heterocycles. The van der Waals surface area contributed by atoms with E-state index in [0.29, 0.717) is 13.1 Å². The zero-order chi connectivity index (χ0) is 20.2. The molecule has 7 heteroatoms. The maximum atomic E-state index is 12.7. The van der Waals surface area contributed by atoms with Gasteiger partial charge in [0.25, 0.3) is 0 Å². The quantitative estimate of drug-likeness (QED) is 0.668. The maximum Gasteiger partial charge on any atom is 0.225 e. The van der Waals surface area contributed by atoms with Crippen LogP contribution in [0.2, 0.25) is 0 Å². The Bertz CT molecular complexity index is 987. The van der Waals surface area contributed by atoms with Gasteiger partial charge in [-0.1, -0.05) is 23.5 Å². The molecule has 1 unspecified atom stereocenters. The highest BCUT2D eigenvalue weighted by atomic mass is 32.1. The summed E-state index contributed by atoms with van der Waals surface area (Å²) >= 11 is 1.65. The molecule has 0 radical (unpaired) electrons. The van der Waals surface area contributed by atoms with Gasteiger partial charge in [-0.2, -0.15) is 0 Å². The third-order valence-electron chi connectivity index (χ3n) is 5.27. The second-order valence-corrected chi connectivity index (χ2v) is 8.19. The summed E-state index contributed by atoms with van der Waals surface area (Å²) < 4.78 is 11.6. The summed E-state index contributed by atoms with van der Waals surface area (Å²) in [5.41, 5.74) is 2.03. The highest BCUT2D eigenvalue weighted by Gasteiger charge is 2.27. The number of hydrogen-bond acceptors (Lipinski definition) is 6. The van der Waals surface area contributed by atoms with Crippen molar-refractivity contribution >= 4 is 32.6 Å². The third-order valence-corrected chi connectivity index (χ3v) is 6.35. The van der Waals surface area contributed by atoms with Crippen molar-refractivity contribution in [3.05, 3.63) is 48.0 Å². The van der Waals surface area contributed by atoms with E-state index in [0.717, 1.165) is 51.8 Å². The number of thiazole rings is 1. The number of ether oxygens (including phenoxy) is 2. The first kappa shape index (κ1) is 19.5. The SMILES string of the molecule is COc1ccc(CNC(=O)C2CCCN(c3nc4ccc(OC)cc4s3)C2)cc1. The monoisotopic (exact) mass is 411 g/mol. The van der Waals surface area contributed by atoms with E-state index < -0.39 is 0 Å². The first-order valence-electron chi connectivity index (χ1n) is 9.76. The molecule has 4 rings (SSSR count). The van der Waals surface area contributed by atoms with Crippen molar-refractivity contribution in [1.29, 1.82) is 0 Å². The summed E-state index contributed by atoms with van der Waals surface area (Å²) in [5.74, 6) is 1.73. The standard InChI is InChI=1S/C22H25N3O3S/c1-27-17-7-5-15(6-8-17)13-23-21(26)16-4-3-11-25(14-16)22-24-19-10-9-18(28-2)12-20(19)29-22/h5-10,12,16H,3-4,11,13-14H2,1-2H3,(H,23,26). The molecule has 29 heavy (non-hydrogen) atoms. The molecule has 6 nitrogen and oxygen atoms in total. The van der Waals surface area contributed by atoms with Crippen LogP contribution < -0.4 is 19.7 Å². The Morgan fingerprint density at radius 1 is 1.17 bits per heavy atom. The largest absolute Gasteiger partial charge is 0.497 e. The van der Waals surface area contributed by atoms with Crippen molar-refractivity contribution in [3.8, 4) is 11.5 Å². The van der Waals surface area contributed by atoms with E-state index >= 15 is 0 Å². The molecule has 152 valence electrons. The first-order chi connectivity index (χ1) is 14.2. The highest BCUT2D eigenvalue weighted by molar-refractivity contribution is 7.22. The zero-order valence-corrected chi connectivity index (χ0v) is 17.5. The number of carbonyl (C=O) groups is 1. The molecule has 1 atom stereocenters. The molecule has 1 fully saturated rings. The van der Waals surface area contributed by atoms with Crippen LogP contribution in [-0.4, -0.2) is 38.2 Å². The summed E-state index contributed by atoms with van der Waals surface area (Å²) in [6.07, 6.45) is 1.89. The van der Waals surface area contributed by atoms with Crippen LogP contribution in [0.25, 0.3) is 10.2 Å². The van der Waals surface area contributed by atoms with E-state index in [1.165, 1.54) is 0 Å². The van der Waals surface area contributed by atoms with Gasteiger partial charge >= 0.3 is 0 Å². The van der Waals surface area contributed by atoms with Crippen molar-refractivity contribution in [1.82, 2.24) is 10.3 Å². The van der Waals surface area contributed by atoms with E-state index in [2.05, 4.69) is 10.2 Å². The Labute approximate surface area is 174 Å². The van der Waals surface area contributed by atoms with Gasteiger partial charge in [0.1, 0.15) is 11.5 Å². The van der Waals surface area contributed by atoms with Gasteiger partial charge in [-0.25, -0.2) is 4.98 Å². The number of benzene rings is 2. The molecule has 1 aliphatic heterocycles. The van der Waals surface area contributed by atoms with Crippen molar-refractivity contribution < 1.29 is 14.3 Å². The maximum absolute atomic E-state index is 12.7. The number of piperidine rings is 1. The van der Waals surface area contributed by atoms with E-state index in [1.54, 1.807) is 25.6 Å². The third kappa shape index (κ3) is 4.45. The Kier molecular flexibility index (Phi) is 5.85. The number of nitrogens with zero attached hydrogens (tertiary/aromatic N) is 2. The van der Waals surface area contributed by atoms with Crippen molar-refractivity contribution in [2.75, 3.05) is 32.2 Å². The summed E-state index contributed by atoms with van der Waals surface area (Å²) in [7, 11) is 3.32. The normalized spacial score (nSPS) is 16.6. The van der Waals surface area contributed by atoms with E-state index in [4.69, 9.17) is 14.5 Å². The number of hydrogen-bond donors (Lipinski definition) is 1. The second-order valence-electron chi connectivity index (χ2n) is 7.18. The van der Waals surface area contributed by atoms with Gasteiger partial charge < -0.3 is 19.7 Å². The topological polar surface area (TPSA) is 63.7 Å². The fourth-order valence-electron chi connectivity index (χ4n) is 3.60. The second kappa shape index (κ2) is 8.69. The lowest BCUT2D eigenvalue weighted by Crippen LogP contribution is -2.42. The van der Waals surface area contributed by atoms with Crippen molar-refractivity contribution in [2.24, 2.45) is 5.92 Å². The van der Waals surface area contributed by atoms with Crippen molar-refractivity contribution in [3.63, 3.8) is 0 Å². The molecule has 1 N–H and O–H groups in total. The van der Waals surface area contributed by atoms with E-state index in [9.17, 15) is 4.79 Å². The summed E-state index contributed by atoms with van der Waals surface area (Å²) in [4.78, 5) is 19.7. The fourth-order valence-corrected chi connectivity index (χ4v) is 4.63. The van der Waals surface area contributed by atoms with Crippen LogP contribution in [0.15, 0.2) is 42.5 Å².